The number of nitrogens with one attached hydrogen (secondary N) is 1. The summed E-state index contributed by atoms with van der Waals surface area (Å²) in [5, 5.41) is 8.56. The molecule has 5 nitrogen and oxygen atoms in total. The van der Waals surface area contributed by atoms with E-state index in [-0.39, 0.29) is 15.6 Å². The molecule has 3 N–H and O–H groups in total. The number of amidine groups is 1. The van der Waals surface area contributed by atoms with E-state index in [1.165, 1.54) is 29.2 Å². The van der Waals surface area contributed by atoms with Gasteiger partial charge in [0.05, 0.1) is 18.9 Å². The molecule has 4 aromatic rings. The molecule has 0 saturated heterocycles. The first kappa shape index (κ1) is 18.8. The van der Waals surface area contributed by atoms with Gasteiger partial charge >= 0.3 is 0 Å². The molecular weight excluding hydrogens is 412 g/mol. The number of benzene rings is 2. The maximum Gasteiger partial charge on any atom is 0.208 e. The minimum absolute atomic E-state index is 0.141. The fraction of sp³-hybridized carbons (Fsp3) is 0.0500. The minimum atomic E-state index is -3.76. The molecule has 0 amide bonds. The summed E-state index contributed by atoms with van der Waals surface area (Å²) in [5.41, 5.74) is 6.98. The summed E-state index contributed by atoms with van der Waals surface area (Å²) >= 11 is 2.54. The number of para-hydroxylation sites is 1. The molecule has 28 heavy (non-hydrogen) atoms. The van der Waals surface area contributed by atoms with Gasteiger partial charge in [-0.25, -0.2) is 8.42 Å². The summed E-state index contributed by atoms with van der Waals surface area (Å²) in [5.74, 6) is 0.468. The van der Waals surface area contributed by atoms with E-state index in [1.807, 2.05) is 36.4 Å². The number of fused-ring (bicyclic) bond motifs is 1. The van der Waals surface area contributed by atoms with Crippen LogP contribution in [-0.2, 0) is 9.84 Å². The average molecular weight is 429 g/mol. The molecular formula is C20H16N2O3S3. The van der Waals surface area contributed by atoms with Crippen molar-refractivity contribution in [3.8, 4) is 11.3 Å². The van der Waals surface area contributed by atoms with Crippen molar-refractivity contribution in [3.05, 3.63) is 65.5 Å². The van der Waals surface area contributed by atoms with Gasteiger partial charge in [-0.15, -0.1) is 23.1 Å². The summed E-state index contributed by atoms with van der Waals surface area (Å²) in [7, 11) is -3.76. The smallest absolute Gasteiger partial charge is 0.208 e. The lowest BCUT2D eigenvalue weighted by atomic mass is 10.1. The Morgan fingerprint density at radius 2 is 1.89 bits per heavy atom. The molecule has 0 radical (unpaired) electrons. The third-order valence-corrected chi connectivity index (χ3v) is 8.60. The van der Waals surface area contributed by atoms with Crippen molar-refractivity contribution in [1.82, 2.24) is 0 Å². The van der Waals surface area contributed by atoms with E-state index in [2.05, 4.69) is 0 Å². The van der Waals surface area contributed by atoms with Crippen molar-refractivity contribution in [2.24, 2.45) is 5.73 Å². The third kappa shape index (κ3) is 3.23. The summed E-state index contributed by atoms with van der Waals surface area (Å²) in [6.07, 6.45) is 1.81. The van der Waals surface area contributed by atoms with Gasteiger partial charge in [0, 0.05) is 10.9 Å². The van der Waals surface area contributed by atoms with Crippen molar-refractivity contribution >= 4 is 49.7 Å². The van der Waals surface area contributed by atoms with Gasteiger partial charge in [0.25, 0.3) is 0 Å². The molecule has 0 unspecified atom stereocenters. The zero-order chi connectivity index (χ0) is 19.9. The number of sulfone groups is 1. The number of furan rings is 1. The zero-order valence-electron chi connectivity index (χ0n) is 14.8. The lowest BCUT2D eigenvalue weighted by Gasteiger charge is -2.06. The van der Waals surface area contributed by atoms with Crippen LogP contribution in [0.15, 0.2) is 79.1 Å². The van der Waals surface area contributed by atoms with Crippen LogP contribution in [0.1, 0.15) is 4.88 Å². The number of nitrogens with two attached hydrogens (primary N) is 1. The van der Waals surface area contributed by atoms with Crippen LogP contribution in [-0.4, -0.2) is 20.5 Å². The summed E-state index contributed by atoms with van der Waals surface area (Å²) < 4.78 is 33.0. The number of nitrogen functional groups attached to an aromatic ring is 1. The van der Waals surface area contributed by atoms with E-state index in [0.29, 0.717) is 20.4 Å². The summed E-state index contributed by atoms with van der Waals surface area (Å²) in [4.78, 5) is 0.793. The van der Waals surface area contributed by atoms with Gasteiger partial charge in [-0.1, -0.05) is 30.3 Å². The molecule has 0 fully saturated rings. The first-order valence-electron chi connectivity index (χ1n) is 8.26. The maximum atomic E-state index is 13.3. The van der Waals surface area contributed by atoms with E-state index in [4.69, 9.17) is 15.6 Å². The van der Waals surface area contributed by atoms with E-state index in [9.17, 15) is 8.42 Å². The zero-order valence-corrected chi connectivity index (χ0v) is 17.2. The predicted octanol–water partition coefficient (Wildman–Crippen LogP) is 5.00. The molecule has 0 spiro atoms. The highest BCUT2D eigenvalue weighted by atomic mass is 32.2. The Hall–Kier alpha value is -2.55. The van der Waals surface area contributed by atoms with Gasteiger partial charge in [0.1, 0.15) is 17.2 Å². The quantitative estimate of drug-likeness (QED) is 0.265. The molecule has 142 valence electrons. The Morgan fingerprint density at radius 3 is 2.61 bits per heavy atom. The van der Waals surface area contributed by atoms with Gasteiger partial charge < -0.3 is 10.2 Å². The van der Waals surface area contributed by atoms with E-state index in [1.54, 1.807) is 24.5 Å². The lowest BCUT2D eigenvalue weighted by Crippen LogP contribution is -2.08. The number of thiophene rings is 1. The molecule has 0 aliphatic heterocycles. The Bertz CT molecular complexity index is 1270. The fourth-order valence-corrected chi connectivity index (χ4v) is 6.79. The number of thioether (sulfide) groups is 1. The molecule has 2 aromatic heterocycles. The standard InChI is InChI=1S/C20H16N2O3S3/c1-26-20-18(11-17(27-20)19(21)22)28(23,24)14-7-4-6-12(9-14)16-10-13-5-2-3-8-15(13)25-16/h2-11H,1H3,(H3,21,22). The van der Waals surface area contributed by atoms with Crippen molar-refractivity contribution in [2.45, 2.75) is 14.0 Å². The Balaban J connectivity index is 1.81. The van der Waals surface area contributed by atoms with Crippen LogP contribution < -0.4 is 5.73 Å². The van der Waals surface area contributed by atoms with E-state index < -0.39 is 9.84 Å². The van der Waals surface area contributed by atoms with E-state index >= 15 is 0 Å². The summed E-state index contributed by atoms with van der Waals surface area (Å²) in [6, 6.07) is 17.7. The van der Waals surface area contributed by atoms with Crippen LogP contribution in [0.25, 0.3) is 22.3 Å². The molecule has 0 aliphatic rings. The highest BCUT2D eigenvalue weighted by molar-refractivity contribution is 8.01. The molecule has 0 atom stereocenters. The second-order valence-electron chi connectivity index (χ2n) is 6.06. The van der Waals surface area contributed by atoms with Gasteiger partial charge in [0.15, 0.2) is 0 Å². The SMILES string of the molecule is CSc1sc(C(=N)N)cc1S(=O)(=O)c1cccc(-c2cc3ccccc3o2)c1. The van der Waals surface area contributed by atoms with E-state index in [0.717, 1.165) is 11.0 Å². The molecule has 0 saturated carbocycles. The first-order chi connectivity index (χ1) is 13.4. The van der Waals surface area contributed by atoms with Crippen LogP contribution in [0.4, 0.5) is 0 Å². The Morgan fingerprint density at radius 1 is 1.11 bits per heavy atom. The Kier molecular flexibility index (Phi) is 4.78. The van der Waals surface area contributed by atoms with Gasteiger partial charge in [-0.05, 0) is 36.6 Å². The predicted molar refractivity (Wildman–Crippen MR) is 114 cm³/mol. The second kappa shape index (κ2) is 7.12. The first-order valence-corrected chi connectivity index (χ1v) is 11.8. The molecule has 8 heteroatoms. The van der Waals surface area contributed by atoms with Crippen LogP contribution in [0.3, 0.4) is 0 Å². The topological polar surface area (TPSA) is 97.1 Å². The van der Waals surface area contributed by atoms with Crippen LogP contribution in [0.2, 0.25) is 0 Å². The lowest BCUT2D eigenvalue weighted by molar-refractivity contribution is 0.595. The van der Waals surface area contributed by atoms with Gasteiger partial charge in [0.2, 0.25) is 9.84 Å². The number of hydrogen-bond donors (Lipinski definition) is 2. The van der Waals surface area contributed by atoms with Crippen LogP contribution >= 0.6 is 23.1 Å². The molecule has 0 bridgehead atoms. The van der Waals surface area contributed by atoms with Crippen molar-refractivity contribution in [3.63, 3.8) is 0 Å². The highest BCUT2D eigenvalue weighted by Crippen LogP contribution is 2.38. The third-order valence-electron chi connectivity index (χ3n) is 4.26. The van der Waals surface area contributed by atoms with Gasteiger partial charge in [-0.2, -0.15) is 0 Å². The fourth-order valence-electron chi connectivity index (χ4n) is 2.89. The average Bonchev–Trinajstić information content (AvgIpc) is 3.32. The van der Waals surface area contributed by atoms with Crippen molar-refractivity contribution < 1.29 is 12.8 Å². The minimum Gasteiger partial charge on any atom is -0.456 e. The second-order valence-corrected chi connectivity index (χ2v) is 10.1. The largest absolute Gasteiger partial charge is 0.456 e. The van der Waals surface area contributed by atoms with Gasteiger partial charge in [-0.3, -0.25) is 5.41 Å². The van der Waals surface area contributed by atoms with Crippen LogP contribution in [0.5, 0.6) is 0 Å². The normalized spacial score (nSPS) is 11.8. The number of hydrogen-bond acceptors (Lipinski definition) is 6. The van der Waals surface area contributed by atoms with Crippen LogP contribution in [0, 0.1) is 5.41 Å². The molecule has 2 aromatic carbocycles. The molecule has 4 rings (SSSR count). The number of rotatable bonds is 5. The highest BCUT2D eigenvalue weighted by Gasteiger charge is 2.25. The Labute approximate surface area is 170 Å². The molecule has 2 heterocycles. The summed E-state index contributed by atoms with van der Waals surface area (Å²) in [6.45, 7) is 0. The van der Waals surface area contributed by atoms with Crippen molar-refractivity contribution in [2.75, 3.05) is 6.26 Å². The maximum absolute atomic E-state index is 13.3. The van der Waals surface area contributed by atoms with Crippen molar-refractivity contribution in [1.29, 1.82) is 5.41 Å². The molecule has 0 aliphatic carbocycles. The monoisotopic (exact) mass is 428 g/mol.